The summed E-state index contributed by atoms with van der Waals surface area (Å²) in [5.74, 6) is 0.0137. The van der Waals surface area contributed by atoms with E-state index >= 15 is 0 Å². The molecule has 19 heavy (non-hydrogen) atoms. The number of amides is 2. The summed E-state index contributed by atoms with van der Waals surface area (Å²) in [5.41, 5.74) is -0.491. The predicted molar refractivity (Wildman–Crippen MR) is 72.9 cm³/mol. The van der Waals surface area contributed by atoms with Crippen molar-refractivity contribution in [3.05, 3.63) is 0 Å². The van der Waals surface area contributed by atoms with Gasteiger partial charge in [0, 0.05) is 19.1 Å². The van der Waals surface area contributed by atoms with Gasteiger partial charge in [-0.25, -0.2) is 4.79 Å². The van der Waals surface area contributed by atoms with Crippen molar-refractivity contribution in [1.82, 2.24) is 16.0 Å². The molecule has 1 rings (SSSR count). The molecule has 3 N–H and O–H groups in total. The van der Waals surface area contributed by atoms with Gasteiger partial charge < -0.3 is 20.7 Å². The Morgan fingerprint density at radius 2 is 1.89 bits per heavy atom. The maximum Gasteiger partial charge on any atom is 0.407 e. The number of ether oxygens (including phenoxy) is 1. The minimum absolute atomic E-state index is 0.0137. The van der Waals surface area contributed by atoms with Crippen LogP contribution in [0.4, 0.5) is 4.79 Å². The number of carbonyl (C=O) groups excluding carboxylic acids is 2. The van der Waals surface area contributed by atoms with E-state index in [9.17, 15) is 9.59 Å². The molecule has 0 spiro atoms. The average Bonchev–Trinajstić information content (AvgIpc) is 3.05. The first-order valence-electron chi connectivity index (χ1n) is 6.78. The first kappa shape index (κ1) is 15.8. The third-order valence-corrected chi connectivity index (χ3v) is 2.56. The zero-order valence-corrected chi connectivity index (χ0v) is 12.2. The highest BCUT2D eigenvalue weighted by Gasteiger charge is 2.25. The first-order chi connectivity index (χ1) is 8.78. The van der Waals surface area contributed by atoms with E-state index in [1.807, 2.05) is 27.7 Å². The predicted octanol–water partition coefficient (Wildman–Crippen LogP) is 0.768. The van der Waals surface area contributed by atoms with Gasteiger partial charge in [0.15, 0.2) is 0 Å². The van der Waals surface area contributed by atoms with Crippen molar-refractivity contribution in [2.24, 2.45) is 0 Å². The van der Waals surface area contributed by atoms with Crippen molar-refractivity contribution in [3.8, 4) is 0 Å². The van der Waals surface area contributed by atoms with E-state index in [-0.39, 0.29) is 11.9 Å². The molecule has 0 aromatic carbocycles. The lowest BCUT2D eigenvalue weighted by molar-refractivity contribution is -0.122. The molecule has 0 heterocycles. The van der Waals surface area contributed by atoms with Gasteiger partial charge >= 0.3 is 6.09 Å². The number of carbonyl (C=O) groups is 2. The molecule has 6 nitrogen and oxygen atoms in total. The molecule has 1 saturated carbocycles. The fraction of sp³-hybridized carbons (Fsp3) is 0.846. The fourth-order valence-electron chi connectivity index (χ4n) is 1.41. The highest BCUT2D eigenvalue weighted by molar-refractivity contribution is 5.81. The number of alkyl carbamates (subject to hydrolysis) is 1. The van der Waals surface area contributed by atoms with Crippen LogP contribution in [0.3, 0.4) is 0 Å². The molecule has 1 fully saturated rings. The van der Waals surface area contributed by atoms with Crippen LogP contribution in [0.15, 0.2) is 0 Å². The van der Waals surface area contributed by atoms with Crippen LogP contribution in [0.2, 0.25) is 0 Å². The minimum Gasteiger partial charge on any atom is -0.444 e. The molecule has 0 aromatic heterocycles. The van der Waals surface area contributed by atoms with Gasteiger partial charge in [0.25, 0.3) is 0 Å². The Morgan fingerprint density at radius 1 is 1.26 bits per heavy atom. The lowest BCUT2D eigenvalue weighted by atomic mass is 10.2. The maximum absolute atomic E-state index is 11.6. The van der Waals surface area contributed by atoms with Crippen molar-refractivity contribution in [3.63, 3.8) is 0 Å². The molecular formula is C13H25N3O3. The smallest absolute Gasteiger partial charge is 0.407 e. The summed E-state index contributed by atoms with van der Waals surface area (Å²) in [6, 6.07) is 0.123. The third-order valence-electron chi connectivity index (χ3n) is 2.56. The van der Waals surface area contributed by atoms with Crippen LogP contribution < -0.4 is 16.0 Å². The number of hydrogen-bond donors (Lipinski definition) is 3. The highest BCUT2D eigenvalue weighted by atomic mass is 16.6. The highest BCUT2D eigenvalue weighted by Crippen LogP contribution is 2.18. The lowest BCUT2D eigenvalue weighted by Gasteiger charge is -2.20. The van der Waals surface area contributed by atoms with E-state index in [0.29, 0.717) is 19.1 Å². The van der Waals surface area contributed by atoms with Crippen molar-refractivity contribution in [2.45, 2.75) is 58.2 Å². The van der Waals surface area contributed by atoms with Crippen LogP contribution in [0, 0.1) is 0 Å². The van der Waals surface area contributed by atoms with Crippen LogP contribution in [-0.4, -0.2) is 42.8 Å². The average molecular weight is 271 g/mol. The fourth-order valence-corrected chi connectivity index (χ4v) is 1.41. The van der Waals surface area contributed by atoms with E-state index < -0.39 is 11.7 Å². The molecule has 1 unspecified atom stereocenters. The van der Waals surface area contributed by atoms with Gasteiger partial charge in [-0.2, -0.15) is 0 Å². The van der Waals surface area contributed by atoms with E-state index in [0.717, 1.165) is 12.8 Å². The van der Waals surface area contributed by atoms with Crippen molar-refractivity contribution in [2.75, 3.05) is 13.1 Å². The van der Waals surface area contributed by atoms with Gasteiger partial charge in [0.05, 0.1) is 6.04 Å². The summed E-state index contributed by atoms with van der Waals surface area (Å²) in [5, 5.41) is 8.60. The summed E-state index contributed by atoms with van der Waals surface area (Å²) in [6.07, 6.45) is 1.72. The Balaban J connectivity index is 2.06. The van der Waals surface area contributed by atoms with Gasteiger partial charge in [-0.15, -0.1) is 0 Å². The molecule has 2 amide bonds. The molecule has 1 aliphatic rings. The molecule has 1 atom stereocenters. The Bertz CT molecular complexity index is 322. The van der Waals surface area contributed by atoms with Gasteiger partial charge in [0.1, 0.15) is 5.60 Å². The number of rotatable bonds is 6. The molecule has 0 aromatic rings. The molecule has 1 aliphatic carbocycles. The van der Waals surface area contributed by atoms with Gasteiger partial charge in [-0.05, 0) is 40.5 Å². The van der Waals surface area contributed by atoms with Gasteiger partial charge in [0.2, 0.25) is 5.91 Å². The Hall–Kier alpha value is -1.30. The quantitative estimate of drug-likeness (QED) is 0.623. The largest absolute Gasteiger partial charge is 0.444 e. The molecule has 0 aliphatic heterocycles. The van der Waals surface area contributed by atoms with Crippen LogP contribution in [-0.2, 0) is 9.53 Å². The lowest BCUT2D eigenvalue weighted by Crippen LogP contribution is -2.45. The van der Waals surface area contributed by atoms with E-state index in [1.165, 1.54) is 0 Å². The topological polar surface area (TPSA) is 79.5 Å². The minimum atomic E-state index is -0.491. The number of hydrogen-bond acceptors (Lipinski definition) is 4. The third kappa shape index (κ3) is 7.66. The first-order valence-corrected chi connectivity index (χ1v) is 6.78. The molecule has 6 heteroatoms. The van der Waals surface area contributed by atoms with Crippen LogP contribution in [0.25, 0.3) is 0 Å². The summed E-state index contributed by atoms with van der Waals surface area (Å²) in [4.78, 5) is 23.0. The maximum atomic E-state index is 11.6. The summed E-state index contributed by atoms with van der Waals surface area (Å²) >= 11 is 0. The summed E-state index contributed by atoms with van der Waals surface area (Å²) < 4.78 is 5.10. The molecular weight excluding hydrogens is 246 g/mol. The van der Waals surface area contributed by atoms with Crippen molar-refractivity contribution >= 4 is 12.0 Å². The Kier molecular flexibility index (Phi) is 5.60. The van der Waals surface area contributed by atoms with Crippen molar-refractivity contribution < 1.29 is 14.3 Å². The van der Waals surface area contributed by atoms with E-state index in [1.54, 1.807) is 0 Å². The Labute approximate surface area is 114 Å². The molecule has 0 saturated heterocycles. The van der Waals surface area contributed by atoms with E-state index in [2.05, 4.69) is 16.0 Å². The normalized spacial score (nSPS) is 16.6. The second-order valence-electron chi connectivity index (χ2n) is 5.89. The zero-order valence-electron chi connectivity index (χ0n) is 12.2. The van der Waals surface area contributed by atoms with Gasteiger partial charge in [-0.1, -0.05) is 0 Å². The Morgan fingerprint density at radius 3 is 2.42 bits per heavy atom. The zero-order chi connectivity index (χ0) is 14.5. The standard InChI is InChI=1S/C13H25N3O3/c1-9(11(17)16-10-5-6-10)14-7-8-15-12(18)19-13(2,3)4/h9-10,14H,5-8H2,1-4H3,(H,15,18)(H,16,17). The SMILES string of the molecule is CC(NCCNC(=O)OC(C)(C)C)C(=O)NC1CC1. The van der Waals surface area contributed by atoms with Crippen molar-refractivity contribution in [1.29, 1.82) is 0 Å². The van der Waals surface area contributed by atoms with Crippen LogP contribution in [0.5, 0.6) is 0 Å². The van der Waals surface area contributed by atoms with E-state index in [4.69, 9.17) is 4.74 Å². The molecule has 110 valence electrons. The monoisotopic (exact) mass is 271 g/mol. The summed E-state index contributed by atoms with van der Waals surface area (Å²) in [7, 11) is 0. The second-order valence-corrected chi connectivity index (χ2v) is 5.89. The second kappa shape index (κ2) is 6.75. The van der Waals surface area contributed by atoms with Crippen LogP contribution >= 0.6 is 0 Å². The van der Waals surface area contributed by atoms with Crippen LogP contribution in [0.1, 0.15) is 40.5 Å². The van der Waals surface area contributed by atoms with Gasteiger partial charge in [-0.3, -0.25) is 4.79 Å². The summed E-state index contributed by atoms with van der Waals surface area (Å²) in [6.45, 7) is 8.21. The number of nitrogens with one attached hydrogen (secondary N) is 3. The molecule has 0 bridgehead atoms. The molecule has 0 radical (unpaired) electrons.